The standard InChI is InChI=1S/C25H26N4O2/c1-24(16-29-17-28-21-7-6-18(14-26)11-22(21)29)8-4-9-25(15-24)13-19(23(30)31-25)12-20-5-2-3-10-27-20/h2-3,5-7,10-11,17,19H,4,8-9,12-13,15-16H2,1H3. The highest BCUT2D eigenvalue weighted by Gasteiger charge is 2.52. The number of imidazole rings is 1. The molecule has 0 bridgehead atoms. The van der Waals surface area contributed by atoms with E-state index in [1.54, 1.807) is 12.3 Å². The number of rotatable bonds is 4. The van der Waals surface area contributed by atoms with Crippen LogP contribution in [0.1, 0.15) is 50.3 Å². The van der Waals surface area contributed by atoms with Crippen LogP contribution >= 0.6 is 0 Å². The number of nitriles is 1. The van der Waals surface area contributed by atoms with Crippen LogP contribution in [0.2, 0.25) is 0 Å². The molecule has 3 aromatic rings. The summed E-state index contributed by atoms with van der Waals surface area (Å²) >= 11 is 0. The van der Waals surface area contributed by atoms with Crippen molar-refractivity contribution >= 4 is 17.0 Å². The van der Waals surface area contributed by atoms with E-state index in [9.17, 15) is 10.1 Å². The highest BCUT2D eigenvalue weighted by Crippen LogP contribution is 2.50. The lowest BCUT2D eigenvalue weighted by Gasteiger charge is -2.43. The van der Waals surface area contributed by atoms with Crippen molar-refractivity contribution in [3.63, 3.8) is 0 Å². The van der Waals surface area contributed by atoms with Gasteiger partial charge >= 0.3 is 5.97 Å². The van der Waals surface area contributed by atoms with Gasteiger partial charge in [-0.15, -0.1) is 0 Å². The molecule has 31 heavy (non-hydrogen) atoms. The van der Waals surface area contributed by atoms with Crippen molar-refractivity contribution in [3.05, 3.63) is 60.2 Å². The van der Waals surface area contributed by atoms with E-state index >= 15 is 0 Å². The molecule has 158 valence electrons. The first-order chi connectivity index (χ1) is 15.0. The van der Waals surface area contributed by atoms with E-state index < -0.39 is 0 Å². The Morgan fingerprint density at radius 2 is 2.16 bits per heavy atom. The Morgan fingerprint density at radius 1 is 1.26 bits per heavy atom. The summed E-state index contributed by atoms with van der Waals surface area (Å²) in [5.41, 5.74) is 3.08. The first kappa shape index (κ1) is 19.7. The Labute approximate surface area is 181 Å². The van der Waals surface area contributed by atoms with Gasteiger partial charge in [0.15, 0.2) is 0 Å². The first-order valence-corrected chi connectivity index (χ1v) is 11.0. The fourth-order valence-corrected chi connectivity index (χ4v) is 5.65. The lowest BCUT2D eigenvalue weighted by Crippen LogP contribution is -2.42. The van der Waals surface area contributed by atoms with Crippen LogP contribution in [0.25, 0.3) is 11.0 Å². The van der Waals surface area contributed by atoms with E-state index in [1.165, 1.54) is 0 Å². The van der Waals surface area contributed by atoms with Crippen LogP contribution in [0.4, 0.5) is 0 Å². The molecule has 0 amide bonds. The van der Waals surface area contributed by atoms with Crippen molar-refractivity contribution in [2.24, 2.45) is 11.3 Å². The van der Waals surface area contributed by atoms with Gasteiger partial charge in [-0.1, -0.05) is 13.0 Å². The summed E-state index contributed by atoms with van der Waals surface area (Å²) in [5.74, 6) is -0.203. The van der Waals surface area contributed by atoms with Gasteiger partial charge in [-0.25, -0.2) is 4.98 Å². The fraction of sp³-hybridized carbons (Fsp3) is 0.440. The summed E-state index contributed by atoms with van der Waals surface area (Å²) in [4.78, 5) is 21.6. The smallest absolute Gasteiger partial charge is 0.310 e. The number of ether oxygens (including phenoxy) is 1. The highest BCUT2D eigenvalue weighted by molar-refractivity contribution is 5.77. The van der Waals surface area contributed by atoms with Crippen LogP contribution in [0.3, 0.4) is 0 Å². The Kier molecular flexibility index (Phi) is 4.77. The fourth-order valence-electron chi connectivity index (χ4n) is 5.65. The average molecular weight is 415 g/mol. The molecule has 1 aliphatic carbocycles. The molecule has 1 aliphatic heterocycles. The molecule has 1 aromatic carbocycles. The van der Waals surface area contributed by atoms with Crippen LogP contribution in [-0.2, 0) is 22.5 Å². The summed E-state index contributed by atoms with van der Waals surface area (Å²) < 4.78 is 8.23. The minimum atomic E-state index is -0.377. The number of esters is 1. The van der Waals surface area contributed by atoms with E-state index in [0.29, 0.717) is 12.0 Å². The van der Waals surface area contributed by atoms with E-state index in [4.69, 9.17) is 4.74 Å². The van der Waals surface area contributed by atoms with Gasteiger partial charge in [0.25, 0.3) is 0 Å². The van der Waals surface area contributed by atoms with Gasteiger partial charge in [0.2, 0.25) is 0 Å². The molecule has 1 saturated heterocycles. The van der Waals surface area contributed by atoms with Gasteiger partial charge < -0.3 is 9.30 Å². The normalized spacial score (nSPS) is 28.0. The maximum Gasteiger partial charge on any atom is 0.310 e. The van der Waals surface area contributed by atoms with Crippen molar-refractivity contribution in [1.82, 2.24) is 14.5 Å². The van der Waals surface area contributed by atoms with Crippen LogP contribution in [-0.4, -0.2) is 26.1 Å². The number of pyridine rings is 1. The predicted octanol–water partition coefficient (Wildman–Crippen LogP) is 4.43. The number of carbonyl (C=O) groups is 1. The molecule has 2 aliphatic rings. The topological polar surface area (TPSA) is 80.8 Å². The summed E-state index contributed by atoms with van der Waals surface area (Å²) in [7, 11) is 0. The summed E-state index contributed by atoms with van der Waals surface area (Å²) in [6.45, 7) is 3.08. The van der Waals surface area contributed by atoms with Crippen molar-refractivity contribution < 1.29 is 9.53 Å². The van der Waals surface area contributed by atoms with Crippen molar-refractivity contribution in [2.75, 3.05) is 0 Å². The number of benzene rings is 1. The van der Waals surface area contributed by atoms with Crippen LogP contribution in [0, 0.1) is 22.7 Å². The second-order valence-electron chi connectivity index (χ2n) is 9.56. The lowest BCUT2D eigenvalue weighted by atomic mass is 9.66. The molecule has 5 rings (SSSR count). The molecular weight excluding hydrogens is 388 g/mol. The molecule has 3 unspecified atom stereocenters. The SMILES string of the molecule is CC1(Cn2cnc3ccc(C#N)cc32)CCCC2(CC(Cc3ccccn3)C(=O)O2)C1. The molecule has 2 fully saturated rings. The van der Waals surface area contributed by atoms with Gasteiger partial charge in [-0.3, -0.25) is 9.78 Å². The maximum absolute atomic E-state index is 12.7. The van der Waals surface area contributed by atoms with E-state index in [-0.39, 0.29) is 22.9 Å². The van der Waals surface area contributed by atoms with Gasteiger partial charge in [0.05, 0.1) is 34.9 Å². The Bertz CT molecular complexity index is 1170. The van der Waals surface area contributed by atoms with Crippen molar-refractivity contribution in [1.29, 1.82) is 5.26 Å². The van der Waals surface area contributed by atoms with Crippen LogP contribution < -0.4 is 0 Å². The Hall–Kier alpha value is -3.20. The zero-order valence-corrected chi connectivity index (χ0v) is 17.8. The molecule has 3 heterocycles. The Balaban J connectivity index is 1.35. The second kappa shape index (κ2) is 7.49. The second-order valence-corrected chi connectivity index (χ2v) is 9.56. The van der Waals surface area contributed by atoms with E-state index in [0.717, 1.165) is 55.4 Å². The molecule has 6 heteroatoms. The zero-order valence-electron chi connectivity index (χ0n) is 17.8. The summed E-state index contributed by atoms with van der Waals surface area (Å²) in [6, 6.07) is 13.7. The molecule has 6 nitrogen and oxygen atoms in total. The van der Waals surface area contributed by atoms with Crippen molar-refractivity contribution in [3.8, 4) is 6.07 Å². The number of carbonyl (C=O) groups excluding carboxylic acids is 1. The summed E-state index contributed by atoms with van der Waals surface area (Å²) in [6.07, 6.45) is 8.94. The van der Waals surface area contributed by atoms with Gasteiger partial charge in [0.1, 0.15) is 5.60 Å². The van der Waals surface area contributed by atoms with Crippen LogP contribution in [0.5, 0.6) is 0 Å². The number of nitrogens with zero attached hydrogens (tertiary/aromatic N) is 4. The molecule has 2 aromatic heterocycles. The molecule has 0 N–H and O–H groups in total. The predicted molar refractivity (Wildman–Crippen MR) is 116 cm³/mol. The molecular formula is C25H26N4O2. The molecule has 0 radical (unpaired) electrons. The average Bonchev–Trinajstić information content (AvgIpc) is 3.28. The zero-order chi connectivity index (χ0) is 21.5. The monoisotopic (exact) mass is 414 g/mol. The number of fused-ring (bicyclic) bond motifs is 1. The molecule has 3 atom stereocenters. The number of hydrogen-bond acceptors (Lipinski definition) is 5. The first-order valence-electron chi connectivity index (χ1n) is 11.0. The quantitative estimate of drug-likeness (QED) is 0.590. The maximum atomic E-state index is 12.7. The third-order valence-corrected chi connectivity index (χ3v) is 6.91. The van der Waals surface area contributed by atoms with E-state index in [2.05, 4.69) is 27.5 Å². The largest absolute Gasteiger partial charge is 0.459 e. The van der Waals surface area contributed by atoms with Gasteiger partial charge in [-0.2, -0.15) is 5.26 Å². The molecule has 1 spiro atoms. The minimum absolute atomic E-state index is 0.00526. The van der Waals surface area contributed by atoms with Crippen LogP contribution in [0.15, 0.2) is 48.9 Å². The third-order valence-electron chi connectivity index (χ3n) is 6.91. The minimum Gasteiger partial charge on any atom is -0.459 e. The van der Waals surface area contributed by atoms with Crippen molar-refractivity contribution in [2.45, 2.75) is 57.6 Å². The van der Waals surface area contributed by atoms with Gasteiger partial charge in [0, 0.05) is 31.3 Å². The lowest BCUT2D eigenvalue weighted by molar-refractivity contribution is -0.156. The number of aromatic nitrogens is 3. The summed E-state index contributed by atoms with van der Waals surface area (Å²) in [5, 5.41) is 9.26. The third kappa shape index (κ3) is 3.81. The van der Waals surface area contributed by atoms with E-state index in [1.807, 2.05) is 36.7 Å². The number of hydrogen-bond donors (Lipinski definition) is 0. The molecule has 1 saturated carbocycles. The Morgan fingerprint density at radius 3 is 2.97 bits per heavy atom. The highest BCUT2D eigenvalue weighted by atomic mass is 16.6. The van der Waals surface area contributed by atoms with Gasteiger partial charge in [-0.05, 0) is 61.4 Å².